The SMILES string of the molecule is CCc1nnc2ccc(NCC3(c4cc(F)cc(C(F)(F)F)c4)CC3)nn12. The van der Waals surface area contributed by atoms with Gasteiger partial charge in [-0.25, -0.2) is 4.39 Å². The van der Waals surface area contributed by atoms with Gasteiger partial charge in [-0.2, -0.15) is 17.7 Å². The molecule has 142 valence electrons. The van der Waals surface area contributed by atoms with Crippen LogP contribution in [0.25, 0.3) is 5.65 Å². The third-order valence-corrected chi connectivity index (χ3v) is 4.94. The summed E-state index contributed by atoms with van der Waals surface area (Å²) in [7, 11) is 0. The fourth-order valence-corrected chi connectivity index (χ4v) is 3.19. The van der Waals surface area contributed by atoms with Crippen molar-refractivity contribution < 1.29 is 17.6 Å². The summed E-state index contributed by atoms with van der Waals surface area (Å²) in [5, 5.41) is 15.7. The predicted octanol–water partition coefficient (Wildman–Crippen LogP) is 3.99. The molecule has 1 saturated carbocycles. The number of alkyl halides is 3. The van der Waals surface area contributed by atoms with Crippen LogP contribution < -0.4 is 5.32 Å². The quantitative estimate of drug-likeness (QED) is 0.681. The zero-order valence-corrected chi connectivity index (χ0v) is 14.5. The number of halogens is 4. The standard InChI is InChI=1S/C18H17F4N5/c1-2-15-24-25-16-4-3-14(26-27(15)16)23-10-17(5-6-17)11-7-12(18(20,21)22)9-13(19)8-11/h3-4,7-9H,2,5-6,10H2,1H3,(H,23,26). The second-order valence-electron chi connectivity index (χ2n) is 6.82. The Balaban J connectivity index is 1.57. The molecule has 0 aliphatic heterocycles. The van der Waals surface area contributed by atoms with E-state index in [9.17, 15) is 17.6 Å². The fourth-order valence-electron chi connectivity index (χ4n) is 3.19. The number of nitrogens with zero attached hydrogens (tertiary/aromatic N) is 4. The van der Waals surface area contributed by atoms with Gasteiger partial charge >= 0.3 is 6.18 Å². The molecule has 1 aliphatic carbocycles. The summed E-state index contributed by atoms with van der Waals surface area (Å²) in [4.78, 5) is 0. The second-order valence-corrected chi connectivity index (χ2v) is 6.82. The zero-order chi connectivity index (χ0) is 19.2. The molecule has 0 unspecified atom stereocenters. The predicted molar refractivity (Wildman–Crippen MR) is 91.0 cm³/mol. The van der Waals surface area contributed by atoms with Gasteiger partial charge in [0.2, 0.25) is 0 Å². The number of hydrogen-bond acceptors (Lipinski definition) is 4. The van der Waals surface area contributed by atoms with Crippen molar-refractivity contribution in [3.05, 3.63) is 53.1 Å². The van der Waals surface area contributed by atoms with Crippen molar-refractivity contribution in [1.29, 1.82) is 0 Å². The second kappa shape index (κ2) is 6.17. The number of anilines is 1. The molecule has 0 amide bonds. The molecule has 0 saturated heterocycles. The zero-order valence-electron chi connectivity index (χ0n) is 14.5. The van der Waals surface area contributed by atoms with Gasteiger partial charge in [0, 0.05) is 18.4 Å². The highest BCUT2D eigenvalue weighted by atomic mass is 19.4. The first-order valence-electron chi connectivity index (χ1n) is 8.64. The van der Waals surface area contributed by atoms with Crippen LogP contribution in [0.1, 0.15) is 36.7 Å². The molecule has 27 heavy (non-hydrogen) atoms. The van der Waals surface area contributed by atoms with E-state index in [0.29, 0.717) is 48.9 Å². The Kier molecular flexibility index (Phi) is 4.05. The molecule has 2 aromatic heterocycles. The van der Waals surface area contributed by atoms with Gasteiger partial charge in [0.1, 0.15) is 11.6 Å². The van der Waals surface area contributed by atoms with Gasteiger partial charge < -0.3 is 5.32 Å². The monoisotopic (exact) mass is 379 g/mol. The van der Waals surface area contributed by atoms with E-state index in [2.05, 4.69) is 20.6 Å². The third kappa shape index (κ3) is 3.33. The first-order valence-corrected chi connectivity index (χ1v) is 8.64. The lowest BCUT2D eigenvalue weighted by molar-refractivity contribution is -0.137. The molecule has 0 spiro atoms. The number of nitrogens with one attached hydrogen (secondary N) is 1. The molecule has 1 N–H and O–H groups in total. The molecule has 0 radical (unpaired) electrons. The van der Waals surface area contributed by atoms with E-state index in [-0.39, 0.29) is 0 Å². The van der Waals surface area contributed by atoms with Crippen LogP contribution in [-0.2, 0) is 18.0 Å². The number of hydrogen-bond donors (Lipinski definition) is 1. The third-order valence-electron chi connectivity index (χ3n) is 4.94. The van der Waals surface area contributed by atoms with Gasteiger partial charge in [-0.15, -0.1) is 15.3 Å². The largest absolute Gasteiger partial charge is 0.416 e. The Hall–Kier alpha value is -2.71. The Morgan fingerprint density at radius 1 is 1.15 bits per heavy atom. The van der Waals surface area contributed by atoms with Crippen molar-refractivity contribution >= 4 is 11.5 Å². The van der Waals surface area contributed by atoms with E-state index in [0.717, 1.165) is 11.9 Å². The summed E-state index contributed by atoms with van der Waals surface area (Å²) < 4.78 is 54.4. The molecule has 4 rings (SSSR count). The van der Waals surface area contributed by atoms with Gasteiger partial charge in [0.15, 0.2) is 11.5 Å². The Bertz CT molecular complexity index is 991. The van der Waals surface area contributed by atoms with Crippen LogP contribution in [0.15, 0.2) is 30.3 Å². The van der Waals surface area contributed by atoms with Crippen molar-refractivity contribution in [3.8, 4) is 0 Å². The molecule has 3 aromatic rings. The van der Waals surface area contributed by atoms with Gasteiger partial charge in [0.05, 0.1) is 5.56 Å². The van der Waals surface area contributed by atoms with Gasteiger partial charge in [-0.3, -0.25) is 0 Å². The molecule has 1 aliphatic rings. The summed E-state index contributed by atoms with van der Waals surface area (Å²) in [6.45, 7) is 2.31. The van der Waals surface area contributed by atoms with Crippen molar-refractivity contribution in [3.63, 3.8) is 0 Å². The van der Waals surface area contributed by atoms with Crippen LogP contribution in [0.3, 0.4) is 0 Å². The van der Waals surface area contributed by atoms with Crippen molar-refractivity contribution in [2.75, 3.05) is 11.9 Å². The molecule has 0 bridgehead atoms. The summed E-state index contributed by atoms with van der Waals surface area (Å²) in [6.07, 6.45) is -2.52. The van der Waals surface area contributed by atoms with Gasteiger partial charge in [-0.1, -0.05) is 6.92 Å². The Labute approximate surface area is 152 Å². The molecule has 1 aromatic carbocycles. The molecule has 5 nitrogen and oxygen atoms in total. The van der Waals surface area contributed by atoms with Crippen LogP contribution >= 0.6 is 0 Å². The topological polar surface area (TPSA) is 55.1 Å². The lowest BCUT2D eigenvalue weighted by atomic mass is 9.94. The lowest BCUT2D eigenvalue weighted by Gasteiger charge is -2.19. The molecule has 9 heteroatoms. The highest BCUT2D eigenvalue weighted by molar-refractivity contribution is 5.46. The summed E-state index contributed by atoms with van der Waals surface area (Å²) in [5.41, 5.74) is -0.486. The van der Waals surface area contributed by atoms with E-state index in [1.807, 2.05) is 6.92 Å². The maximum atomic E-state index is 13.8. The number of aryl methyl sites for hydroxylation is 1. The smallest absolute Gasteiger partial charge is 0.368 e. The fraction of sp³-hybridized carbons (Fsp3) is 0.389. The average molecular weight is 379 g/mol. The number of fused-ring (bicyclic) bond motifs is 1. The first kappa shape index (κ1) is 17.7. The van der Waals surface area contributed by atoms with Crippen LogP contribution in [0, 0.1) is 5.82 Å². The van der Waals surface area contributed by atoms with E-state index in [1.54, 1.807) is 16.6 Å². The highest BCUT2D eigenvalue weighted by Gasteiger charge is 2.45. The lowest BCUT2D eigenvalue weighted by Crippen LogP contribution is -2.21. The van der Waals surface area contributed by atoms with E-state index >= 15 is 0 Å². The van der Waals surface area contributed by atoms with Crippen molar-refractivity contribution in [2.45, 2.75) is 37.8 Å². The molecular weight excluding hydrogens is 362 g/mol. The normalized spacial score (nSPS) is 15.9. The highest BCUT2D eigenvalue weighted by Crippen LogP contribution is 2.49. The van der Waals surface area contributed by atoms with Crippen LogP contribution in [-0.4, -0.2) is 26.4 Å². The Morgan fingerprint density at radius 2 is 1.93 bits per heavy atom. The minimum absolute atomic E-state index is 0.363. The number of benzene rings is 1. The van der Waals surface area contributed by atoms with Crippen LogP contribution in [0.5, 0.6) is 0 Å². The molecule has 1 fully saturated rings. The average Bonchev–Trinajstić information content (AvgIpc) is 3.31. The van der Waals surface area contributed by atoms with E-state index in [4.69, 9.17) is 0 Å². The van der Waals surface area contributed by atoms with Crippen LogP contribution in [0.4, 0.5) is 23.4 Å². The van der Waals surface area contributed by atoms with E-state index < -0.39 is 23.0 Å². The van der Waals surface area contributed by atoms with E-state index in [1.165, 1.54) is 6.07 Å². The van der Waals surface area contributed by atoms with Gasteiger partial charge in [-0.05, 0) is 48.7 Å². The van der Waals surface area contributed by atoms with Crippen molar-refractivity contribution in [1.82, 2.24) is 19.8 Å². The number of aromatic nitrogens is 4. The minimum atomic E-state index is -4.57. The maximum absolute atomic E-state index is 13.8. The summed E-state index contributed by atoms with van der Waals surface area (Å²) in [6, 6.07) is 6.27. The Morgan fingerprint density at radius 3 is 2.59 bits per heavy atom. The molecule has 2 heterocycles. The first-order chi connectivity index (χ1) is 12.8. The maximum Gasteiger partial charge on any atom is 0.416 e. The van der Waals surface area contributed by atoms with Gasteiger partial charge in [0.25, 0.3) is 0 Å². The van der Waals surface area contributed by atoms with Crippen molar-refractivity contribution in [2.24, 2.45) is 0 Å². The molecular formula is C18H17F4N5. The number of rotatable bonds is 5. The molecule has 0 atom stereocenters. The summed E-state index contributed by atoms with van der Waals surface area (Å²) in [5.74, 6) is 0.410. The van der Waals surface area contributed by atoms with Crippen LogP contribution in [0.2, 0.25) is 0 Å². The summed E-state index contributed by atoms with van der Waals surface area (Å²) >= 11 is 0. The minimum Gasteiger partial charge on any atom is -0.368 e.